The van der Waals surface area contributed by atoms with E-state index in [2.05, 4.69) is 5.32 Å². The number of esters is 7. The zero-order valence-corrected chi connectivity index (χ0v) is 74.4. The number of hydrogen-bond acceptors (Lipinski definition) is 36. The van der Waals surface area contributed by atoms with E-state index < -0.39 is 285 Å². The molecule has 4 saturated heterocycles. The van der Waals surface area contributed by atoms with E-state index in [0.717, 1.165) is 28.1 Å². The van der Waals surface area contributed by atoms with Crippen molar-refractivity contribution in [2.45, 2.75) is 282 Å². The number of ether oxygens (including phenoxy) is 15. The zero-order valence-electron chi connectivity index (χ0n) is 74.4. The van der Waals surface area contributed by atoms with Crippen molar-refractivity contribution in [2.24, 2.45) is 44.3 Å². The van der Waals surface area contributed by atoms with Crippen LogP contribution in [0.1, 0.15) is 185 Å². The third kappa shape index (κ3) is 15.3. The number of benzene rings is 2. The molecule has 4 bridgehead atoms. The van der Waals surface area contributed by atoms with E-state index in [1.165, 1.54) is 149 Å². The lowest BCUT2D eigenvalue weighted by molar-refractivity contribution is -0.345. The Kier molecular flexibility index (Phi) is 25.2. The van der Waals surface area contributed by atoms with Gasteiger partial charge in [-0.2, -0.15) is 0 Å². The quantitative estimate of drug-likeness (QED) is 0.0524. The molecule has 0 radical (unpaired) electrons. The van der Waals surface area contributed by atoms with Crippen molar-refractivity contribution in [3.63, 3.8) is 0 Å². The second-order valence-electron chi connectivity index (χ2n) is 38.6. The highest BCUT2D eigenvalue weighted by Crippen LogP contribution is 2.69. The Hall–Kier alpha value is -10.1. The largest absolute Gasteiger partial charge is 0.508 e. The van der Waals surface area contributed by atoms with E-state index in [1.54, 1.807) is 36.4 Å². The molecule has 38 heteroatoms. The lowest BCUT2D eigenvalue weighted by atomic mass is 9.44. The van der Waals surface area contributed by atoms with Gasteiger partial charge in [-0.05, 0) is 130 Å². The third-order valence-electron chi connectivity index (χ3n) is 28.4. The van der Waals surface area contributed by atoms with Crippen LogP contribution in [0.3, 0.4) is 0 Å². The number of nitrogens with zero attached hydrogens (tertiary/aromatic N) is 1. The van der Waals surface area contributed by atoms with Gasteiger partial charge in [0, 0.05) is 55.8 Å². The third-order valence-corrected chi connectivity index (χ3v) is 28.4. The summed E-state index contributed by atoms with van der Waals surface area (Å²) in [5.41, 5.74) is -27.1. The smallest absolute Gasteiger partial charge is 0.455 e. The Morgan fingerprint density at radius 3 is 1.33 bits per heavy atom. The van der Waals surface area contributed by atoms with Gasteiger partial charge in [0.1, 0.15) is 52.4 Å². The number of rotatable bonds is 19. The molecular weight excluding hydrogens is 1660 g/mol. The number of methoxy groups -OCH3 is 2. The molecule has 5 unspecified atom stereocenters. The number of Topliss-reactive ketones (excluding diaryl/α,β-unsaturated/α-hetero) is 2. The molecule has 0 spiro atoms. The van der Waals surface area contributed by atoms with E-state index in [-0.39, 0.29) is 46.3 Å². The number of aliphatic hydroxyl groups is 7. The topological polar surface area (TPSA) is 534 Å². The van der Waals surface area contributed by atoms with Crippen molar-refractivity contribution < 1.29 is 174 Å². The molecule has 38 nitrogen and oxygen atoms in total. The molecule has 10 aliphatic rings. The first-order valence-electron chi connectivity index (χ1n) is 41.2. The number of carbonyl (C=O) groups excluding carboxylic acids is 14. The number of carbonyl (C=O) groups is 14. The first kappa shape index (κ1) is 96.6. The molecule has 3 amide bonds. The van der Waals surface area contributed by atoms with Crippen molar-refractivity contribution >= 4 is 83.8 Å². The van der Waals surface area contributed by atoms with Gasteiger partial charge in [-0.3, -0.25) is 28.8 Å². The Labute approximate surface area is 726 Å². The number of imide groups is 1. The number of fused-ring (bicyclic) bond motifs is 10. The van der Waals surface area contributed by atoms with Crippen LogP contribution in [0.4, 0.5) is 19.2 Å². The molecule has 4 aliphatic heterocycles. The number of nitrogens with one attached hydrogen (secondary N) is 1. The monoisotopic (exact) mass is 1770 g/mol. The SMILES string of the molecule is COC(=O)O[C@@]12CO[C@@H]1CC(O)[C@@]1(C)C(=O)[C@H](OC(C)=O)C3=C(C)[C@@](C)(OC(=O)C4OC(=O)C(C)(C)[C@@H]4NC(=O)OC(C)(C)CO)C[C@@](O)([C@@H](OC(=O)c4ccccc4)C12)C3(C)C.COC(=O)O[C@@]12CO[C@@H]1CC(O)[C@@]1(C)C(=O)[C@H](OC(C)=O)C3=C(C)[C@@](C)(OC(=O)[C@H](O)[C@@H](N4C(=O)OC(C)(C)C4=O)C(C)(C)CO)C[C@@](O)([C@@H](OC(=O)c4ccccc4)C12)C3(C)C. The van der Waals surface area contributed by atoms with Crippen molar-refractivity contribution in [2.75, 3.05) is 40.6 Å². The predicted molar refractivity (Wildman–Crippen MR) is 426 cm³/mol. The first-order chi connectivity index (χ1) is 58.1. The lowest BCUT2D eigenvalue weighted by Gasteiger charge is -2.67. The van der Waals surface area contributed by atoms with E-state index in [4.69, 9.17) is 71.1 Å². The van der Waals surface area contributed by atoms with Gasteiger partial charge in [0.2, 0.25) is 6.10 Å². The predicted octanol–water partition coefficient (Wildman–Crippen LogP) is 4.95. The summed E-state index contributed by atoms with van der Waals surface area (Å²) in [6, 6.07) is 12.1. The maximum atomic E-state index is 15.6. The van der Waals surface area contributed by atoms with Crippen LogP contribution in [0.2, 0.25) is 0 Å². The molecule has 2 aromatic carbocycles. The van der Waals surface area contributed by atoms with Crippen LogP contribution in [0, 0.1) is 44.3 Å². The highest BCUT2D eigenvalue weighted by Gasteiger charge is 2.82. The summed E-state index contributed by atoms with van der Waals surface area (Å²) in [4.78, 5) is 195. The normalized spacial score (nSPS) is 35.8. The number of aliphatic hydroxyl groups excluding tert-OH is 5. The highest BCUT2D eigenvalue weighted by atomic mass is 16.8. The van der Waals surface area contributed by atoms with Gasteiger partial charge >= 0.3 is 66.3 Å². The molecule has 12 rings (SSSR count). The van der Waals surface area contributed by atoms with Gasteiger partial charge in [0.15, 0.2) is 46.7 Å². The van der Waals surface area contributed by atoms with Crippen LogP contribution < -0.4 is 5.32 Å². The summed E-state index contributed by atoms with van der Waals surface area (Å²) < 4.78 is 86.5. The van der Waals surface area contributed by atoms with Gasteiger partial charge in [0.05, 0.1) is 104 Å². The summed E-state index contributed by atoms with van der Waals surface area (Å²) in [7, 11) is 2.09. The fraction of sp³-hybridized carbons (Fsp3) is 0.659. The summed E-state index contributed by atoms with van der Waals surface area (Å²) in [5.74, 6) is -13.6. The molecule has 0 aromatic heterocycles. The zero-order chi connectivity index (χ0) is 94.2. The number of amides is 3. The van der Waals surface area contributed by atoms with Crippen molar-refractivity contribution in [3.8, 4) is 0 Å². The minimum Gasteiger partial charge on any atom is -0.455 e. The van der Waals surface area contributed by atoms with E-state index in [9.17, 15) is 93.3 Å². The Balaban J connectivity index is 0.000000245. The molecular formula is C88H114N2O36. The van der Waals surface area contributed by atoms with Crippen LogP contribution >= 0.6 is 0 Å². The Morgan fingerprint density at radius 1 is 0.579 bits per heavy atom. The number of cyclic esters (lactones) is 2. The summed E-state index contributed by atoms with van der Waals surface area (Å²) >= 11 is 0. The first-order valence-corrected chi connectivity index (χ1v) is 41.2. The van der Waals surface area contributed by atoms with Crippen LogP contribution in [0.25, 0.3) is 0 Å². The van der Waals surface area contributed by atoms with Gasteiger partial charge in [0.25, 0.3) is 5.91 Å². The summed E-state index contributed by atoms with van der Waals surface area (Å²) in [6.45, 7) is 25.4. The molecule has 22 atom stereocenters. The lowest BCUT2D eigenvalue weighted by Crippen LogP contribution is -2.82. The fourth-order valence-electron chi connectivity index (χ4n) is 20.7. The number of ketones is 2. The van der Waals surface area contributed by atoms with Crippen molar-refractivity contribution in [1.29, 1.82) is 0 Å². The molecule has 4 saturated carbocycles. The minimum atomic E-state index is -2.55. The number of hydrogen-bond donors (Lipinski definition) is 8. The van der Waals surface area contributed by atoms with Gasteiger partial charge in [-0.15, -0.1) is 0 Å². The van der Waals surface area contributed by atoms with E-state index in [0.29, 0.717) is 4.90 Å². The van der Waals surface area contributed by atoms with Crippen molar-refractivity contribution in [1.82, 2.24) is 10.2 Å². The van der Waals surface area contributed by atoms with Crippen LogP contribution in [-0.4, -0.2) is 283 Å². The van der Waals surface area contributed by atoms with E-state index in [1.807, 2.05) is 0 Å². The molecule has 8 fully saturated rings. The molecule has 2 aromatic rings. The molecule has 692 valence electrons. The van der Waals surface area contributed by atoms with Crippen LogP contribution in [0.15, 0.2) is 83.0 Å². The second kappa shape index (κ2) is 32.9. The minimum absolute atomic E-state index is 0.00302. The molecule has 126 heavy (non-hydrogen) atoms. The summed E-state index contributed by atoms with van der Waals surface area (Å²) in [5, 5.41) is 86.3. The fourth-order valence-corrected chi connectivity index (χ4v) is 20.7. The van der Waals surface area contributed by atoms with Gasteiger partial charge < -0.3 is 112 Å². The van der Waals surface area contributed by atoms with Gasteiger partial charge in [-0.1, -0.05) is 77.9 Å². The van der Waals surface area contributed by atoms with E-state index >= 15 is 9.59 Å². The van der Waals surface area contributed by atoms with Gasteiger partial charge in [-0.25, -0.2) is 43.3 Å². The summed E-state index contributed by atoms with van der Waals surface area (Å²) in [6.07, 6.45) is -24.2. The Morgan fingerprint density at radius 2 is 0.984 bits per heavy atom. The molecule has 8 N–H and O–H groups in total. The molecule has 6 aliphatic carbocycles. The average Bonchev–Trinajstić information content (AvgIpc) is 0.736. The standard InChI is InChI=1S/2C44H57NO18/c1-21-26-28(59-22(2)47)31(50)42(10)24(48)17-25-43(20-58-25,63-37(55)57-11)29(42)32(60-33(51)23-15-13-12-14-16-23)44(56,39(26,5)6)18-41(21,9)61-34(52)27(49)30(38(3,4)19-46)45-35(53)40(7,8)62-36(45)54;1-21-26-27(58-22(2)47)31(49)42(10)24(48)17-25-43(20-57-25,63-37(54)56-11)29(42)32(60-33(50)23-15-13-12-14-16-23)44(55,40(26,7)8)18-41(21,9)61-34(51)28-30(39(5,6)35(52)59-28)45-36(53)62-38(3,4)19-46/h12-16,24-25,27-30,32,46,48-49,56H,17-20H2,1-11H3;12-16,24-25,27-30,32,46,48,55H,17-20H2,1-11H3,(H,45,53)/t24?,25-,27-,28-,29?,30-,32+,41+,42-,43+,44-;24?,25-,27-,28?,29?,30-,32+,41+,42-,43+,44-/m11/s1. The highest BCUT2D eigenvalue weighted by molar-refractivity contribution is 6.04. The maximum absolute atomic E-state index is 15.6. The second-order valence-corrected chi connectivity index (χ2v) is 38.6. The van der Waals surface area contributed by atoms with Crippen molar-refractivity contribution in [3.05, 3.63) is 94.1 Å². The van der Waals surface area contributed by atoms with Crippen LogP contribution in [-0.2, 0) is 109 Å². The van der Waals surface area contributed by atoms with Crippen LogP contribution in [0.5, 0.6) is 0 Å². The number of alkyl carbamates (subject to hydrolysis) is 1. The average molecular weight is 1780 g/mol. The Bertz CT molecular complexity index is 4840. The maximum Gasteiger partial charge on any atom is 0.508 e. The molecule has 4 heterocycles.